The summed E-state index contributed by atoms with van der Waals surface area (Å²) in [5, 5.41) is 9.88. The van der Waals surface area contributed by atoms with Crippen molar-refractivity contribution >= 4 is 6.09 Å². The number of hydrogen-bond donors (Lipinski definition) is 1. The third-order valence-corrected chi connectivity index (χ3v) is 3.44. The van der Waals surface area contributed by atoms with Gasteiger partial charge in [0.15, 0.2) is 5.60 Å². The Bertz CT molecular complexity index is 365. The van der Waals surface area contributed by atoms with Crippen LogP contribution in [0.5, 0.6) is 0 Å². The van der Waals surface area contributed by atoms with Crippen molar-refractivity contribution in [1.29, 1.82) is 0 Å². The second-order valence-electron chi connectivity index (χ2n) is 6.35. The van der Waals surface area contributed by atoms with Crippen LogP contribution in [0.25, 0.3) is 0 Å². The average Bonchev–Trinajstić information content (AvgIpc) is 2.36. The van der Waals surface area contributed by atoms with Gasteiger partial charge in [-0.15, -0.1) is 0 Å². The van der Waals surface area contributed by atoms with Gasteiger partial charge in [0.2, 0.25) is 0 Å². The van der Waals surface area contributed by atoms with E-state index in [-0.39, 0.29) is 19.5 Å². The molecule has 0 aromatic carbocycles. The minimum Gasteiger partial charge on any atom is -0.444 e. The van der Waals surface area contributed by atoms with Crippen molar-refractivity contribution in [3.05, 3.63) is 0 Å². The van der Waals surface area contributed by atoms with Crippen LogP contribution < -0.4 is 0 Å². The fourth-order valence-electron chi connectivity index (χ4n) is 2.27. The van der Waals surface area contributed by atoms with Gasteiger partial charge in [0.1, 0.15) is 5.60 Å². The highest BCUT2D eigenvalue weighted by molar-refractivity contribution is 5.68. The number of carbonyl (C=O) groups is 1. The molecular weight excluding hydrogens is 275 g/mol. The molecule has 0 bridgehead atoms. The van der Waals surface area contributed by atoms with E-state index in [0.29, 0.717) is 0 Å². The highest BCUT2D eigenvalue weighted by Crippen LogP contribution is 2.41. The van der Waals surface area contributed by atoms with Crippen molar-refractivity contribution < 1.29 is 27.8 Å². The standard InChI is InChI=1S/C13H22F3NO3/c1-9-8-17(10(18)20-11(2,3)4)7-5-6-12(9,19)13(14,15)16/h9,19H,5-8H2,1-4H3/t9-,12+/m0/s1. The van der Waals surface area contributed by atoms with Crippen LogP contribution in [0.4, 0.5) is 18.0 Å². The topological polar surface area (TPSA) is 49.8 Å². The number of carbonyl (C=O) groups excluding carboxylic acids is 1. The van der Waals surface area contributed by atoms with Crippen LogP contribution in [0.2, 0.25) is 0 Å². The molecule has 0 radical (unpaired) electrons. The molecule has 2 atom stereocenters. The summed E-state index contributed by atoms with van der Waals surface area (Å²) in [5.41, 5.74) is -3.45. The molecule has 1 amide bonds. The van der Waals surface area contributed by atoms with E-state index in [9.17, 15) is 23.1 Å². The fraction of sp³-hybridized carbons (Fsp3) is 0.923. The normalized spacial score (nSPS) is 29.0. The van der Waals surface area contributed by atoms with Gasteiger partial charge in [0.05, 0.1) is 0 Å². The number of hydrogen-bond acceptors (Lipinski definition) is 3. The fourth-order valence-corrected chi connectivity index (χ4v) is 2.27. The highest BCUT2D eigenvalue weighted by atomic mass is 19.4. The summed E-state index contributed by atoms with van der Waals surface area (Å²) in [6.07, 6.45) is -5.66. The minimum atomic E-state index is -4.70. The number of nitrogens with zero attached hydrogens (tertiary/aromatic N) is 1. The molecular formula is C13H22F3NO3. The largest absolute Gasteiger partial charge is 0.444 e. The summed E-state index contributed by atoms with van der Waals surface area (Å²) in [7, 11) is 0. The molecule has 0 aliphatic carbocycles. The first kappa shape index (κ1) is 17.1. The lowest BCUT2D eigenvalue weighted by molar-refractivity contribution is -0.278. The zero-order chi connectivity index (χ0) is 15.8. The quantitative estimate of drug-likeness (QED) is 0.748. The third kappa shape index (κ3) is 3.77. The lowest BCUT2D eigenvalue weighted by Crippen LogP contribution is -2.52. The Hall–Kier alpha value is -0.980. The van der Waals surface area contributed by atoms with E-state index in [1.165, 1.54) is 11.8 Å². The van der Waals surface area contributed by atoms with Gasteiger partial charge in [-0.05, 0) is 33.6 Å². The van der Waals surface area contributed by atoms with Crippen LogP contribution in [0.3, 0.4) is 0 Å². The SMILES string of the molecule is C[C@H]1CN(C(=O)OC(C)(C)C)CCC[C@]1(O)C(F)(F)F. The maximum absolute atomic E-state index is 13.0. The molecule has 20 heavy (non-hydrogen) atoms. The van der Waals surface area contributed by atoms with Gasteiger partial charge in [-0.3, -0.25) is 0 Å². The molecule has 1 fully saturated rings. The molecule has 0 aromatic rings. The number of likely N-dealkylation sites (tertiary alicyclic amines) is 1. The summed E-state index contributed by atoms with van der Waals surface area (Å²) in [6.45, 7) is 6.35. The van der Waals surface area contributed by atoms with E-state index in [2.05, 4.69) is 0 Å². The van der Waals surface area contributed by atoms with Crippen molar-refractivity contribution in [3.63, 3.8) is 0 Å². The molecule has 4 nitrogen and oxygen atoms in total. The summed E-state index contributed by atoms with van der Waals surface area (Å²) >= 11 is 0. The maximum atomic E-state index is 13.0. The second-order valence-corrected chi connectivity index (χ2v) is 6.35. The van der Waals surface area contributed by atoms with Crippen molar-refractivity contribution in [2.24, 2.45) is 5.92 Å². The Morgan fingerprint density at radius 3 is 2.35 bits per heavy atom. The number of aliphatic hydroxyl groups is 1. The van der Waals surface area contributed by atoms with Gasteiger partial charge in [-0.25, -0.2) is 4.79 Å². The van der Waals surface area contributed by atoms with Crippen molar-refractivity contribution in [1.82, 2.24) is 4.90 Å². The Kier molecular flexibility index (Phi) is 4.63. The van der Waals surface area contributed by atoms with Gasteiger partial charge in [0, 0.05) is 19.0 Å². The highest BCUT2D eigenvalue weighted by Gasteiger charge is 2.57. The zero-order valence-corrected chi connectivity index (χ0v) is 12.3. The van der Waals surface area contributed by atoms with E-state index >= 15 is 0 Å². The van der Waals surface area contributed by atoms with E-state index < -0.39 is 35.8 Å². The lowest BCUT2D eigenvalue weighted by atomic mass is 9.85. The first-order chi connectivity index (χ1) is 8.87. The summed E-state index contributed by atoms with van der Waals surface area (Å²) < 4.78 is 44.1. The van der Waals surface area contributed by atoms with Gasteiger partial charge in [-0.2, -0.15) is 13.2 Å². The molecule has 0 unspecified atom stereocenters. The van der Waals surface area contributed by atoms with E-state index in [4.69, 9.17) is 4.74 Å². The van der Waals surface area contributed by atoms with E-state index in [1.54, 1.807) is 20.8 Å². The molecule has 0 aromatic heterocycles. The number of alkyl halides is 3. The maximum Gasteiger partial charge on any atom is 0.417 e. The Morgan fingerprint density at radius 2 is 1.90 bits per heavy atom. The summed E-state index contributed by atoms with van der Waals surface area (Å²) in [4.78, 5) is 13.1. The molecule has 0 saturated carbocycles. The van der Waals surface area contributed by atoms with Gasteiger partial charge >= 0.3 is 12.3 Å². The van der Waals surface area contributed by atoms with Gasteiger partial charge < -0.3 is 14.7 Å². The predicted octanol–water partition coefficient (Wildman–Crippen LogP) is 2.95. The molecule has 1 aliphatic heterocycles. The van der Waals surface area contributed by atoms with Crippen molar-refractivity contribution in [2.75, 3.05) is 13.1 Å². The number of halogens is 3. The zero-order valence-electron chi connectivity index (χ0n) is 12.3. The van der Waals surface area contributed by atoms with Gasteiger partial charge in [0.25, 0.3) is 0 Å². The average molecular weight is 297 g/mol. The molecule has 1 rings (SSSR count). The lowest BCUT2D eigenvalue weighted by Gasteiger charge is -2.35. The molecule has 0 spiro atoms. The van der Waals surface area contributed by atoms with Crippen LogP contribution in [-0.4, -0.2) is 46.6 Å². The first-order valence-corrected chi connectivity index (χ1v) is 6.64. The van der Waals surface area contributed by atoms with Crippen LogP contribution in [0.1, 0.15) is 40.5 Å². The Labute approximate surface area is 116 Å². The molecule has 1 aliphatic rings. The molecule has 1 saturated heterocycles. The minimum absolute atomic E-state index is 0.0829. The monoisotopic (exact) mass is 297 g/mol. The van der Waals surface area contributed by atoms with Crippen molar-refractivity contribution in [2.45, 2.75) is 57.9 Å². The van der Waals surface area contributed by atoms with Gasteiger partial charge in [-0.1, -0.05) is 6.92 Å². The molecule has 118 valence electrons. The third-order valence-electron chi connectivity index (χ3n) is 3.44. The second kappa shape index (κ2) is 5.42. The summed E-state index contributed by atoms with van der Waals surface area (Å²) in [6, 6.07) is 0. The van der Waals surface area contributed by atoms with Crippen LogP contribution in [0, 0.1) is 5.92 Å². The predicted molar refractivity (Wildman–Crippen MR) is 67.2 cm³/mol. The molecule has 1 N–H and O–H groups in total. The Morgan fingerprint density at radius 1 is 1.35 bits per heavy atom. The number of rotatable bonds is 0. The molecule has 1 heterocycles. The number of ether oxygens (including phenoxy) is 1. The number of amides is 1. The van der Waals surface area contributed by atoms with Crippen LogP contribution >= 0.6 is 0 Å². The van der Waals surface area contributed by atoms with Crippen molar-refractivity contribution in [3.8, 4) is 0 Å². The van der Waals surface area contributed by atoms with E-state index in [0.717, 1.165) is 0 Å². The molecule has 7 heteroatoms. The first-order valence-electron chi connectivity index (χ1n) is 6.64. The van der Waals surface area contributed by atoms with Crippen LogP contribution in [-0.2, 0) is 4.74 Å². The Balaban J connectivity index is 2.82. The summed E-state index contributed by atoms with van der Waals surface area (Å²) in [5.74, 6) is -1.10. The van der Waals surface area contributed by atoms with Crippen LogP contribution in [0.15, 0.2) is 0 Å². The smallest absolute Gasteiger partial charge is 0.417 e. The van der Waals surface area contributed by atoms with E-state index in [1.807, 2.05) is 0 Å².